The van der Waals surface area contributed by atoms with Crippen LogP contribution in [0.25, 0.3) is 235 Å². The summed E-state index contributed by atoms with van der Waals surface area (Å²) in [5.41, 5.74) is 26.4. The van der Waals surface area contributed by atoms with E-state index in [-0.39, 0.29) is 0 Å². The Hall–Kier alpha value is -17.6. The van der Waals surface area contributed by atoms with Crippen LogP contribution in [-0.2, 0) is 0 Å². The molecule has 18 aromatic carbocycles. The number of aromatic nitrogens is 9. The van der Waals surface area contributed by atoms with E-state index >= 15 is 0 Å². The Labute approximate surface area is 743 Å². The predicted octanol–water partition coefficient (Wildman–Crippen LogP) is 30.3. The summed E-state index contributed by atoms with van der Waals surface area (Å²) in [6.45, 7) is 0. The molecule has 0 saturated heterocycles. The zero-order valence-electron chi connectivity index (χ0n) is 69.6. The number of nitrogens with zero attached hydrogens (tertiary/aromatic N) is 9. The average molecular weight is 1650 g/mol. The average Bonchev–Trinajstić information content (AvgIpc) is 1.60. The third-order valence-corrected chi connectivity index (χ3v) is 23.3. The summed E-state index contributed by atoms with van der Waals surface area (Å²) in [7, 11) is 0. The highest BCUT2D eigenvalue weighted by Crippen LogP contribution is 2.46. The van der Waals surface area contributed by atoms with Crippen LogP contribution in [0, 0.1) is 0 Å². The number of benzene rings is 18. The lowest BCUT2D eigenvalue weighted by Crippen LogP contribution is -2.01. The van der Waals surface area contributed by atoms with Crippen LogP contribution >= 0.6 is 0 Å². The second-order valence-corrected chi connectivity index (χ2v) is 31.4. The van der Waals surface area contributed by atoms with Crippen LogP contribution in [0.1, 0.15) is 0 Å². The van der Waals surface area contributed by atoms with Gasteiger partial charge in [-0.2, -0.15) is 0 Å². The maximum absolute atomic E-state index is 6.58. The van der Waals surface area contributed by atoms with Crippen molar-refractivity contribution >= 4 is 65.8 Å². The van der Waals surface area contributed by atoms with Crippen molar-refractivity contribution < 1.29 is 13.3 Å². The second kappa shape index (κ2) is 34.6. The Balaban J connectivity index is 0.000000114. The van der Waals surface area contributed by atoms with Crippen LogP contribution in [-0.4, -0.2) is 44.9 Å². The fourth-order valence-corrected chi connectivity index (χ4v) is 16.9. The van der Waals surface area contributed by atoms with Crippen molar-refractivity contribution in [1.82, 2.24) is 44.9 Å². The van der Waals surface area contributed by atoms with Gasteiger partial charge in [-0.05, 0) is 115 Å². The van der Waals surface area contributed by atoms with Gasteiger partial charge in [0, 0.05) is 76.8 Å². The van der Waals surface area contributed by atoms with E-state index < -0.39 is 0 Å². The molecular formula is C117H75N9O3. The molecule has 0 aliphatic heterocycles. The van der Waals surface area contributed by atoms with E-state index in [1.165, 1.54) is 22.3 Å². The van der Waals surface area contributed by atoms with E-state index in [1.54, 1.807) is 0 Å². The van der Waals surface area contributed by atoms with Crippen LogP contribution in [0.5, 0.6) is 0 Å². The zero-order valence-corrected chi connectivity index (χ0v) is 69.6. The van der Waals surface area contributed by atoms with Gasteiger partial charge in [-0.25, -0.2) is 44.9 Å². The van der Waals surface area contributed by atoms with Crippen LogP contribution in [0.2, 0.25) is 0 Å². The van der Waals surface area contributed by atoms with Crippen molar-refractivity contribution in [2.75, 3.05) is 0 Å². The number of furan rings is 3. The SMILES string of the molecule is c1ccc(-c2ccc(-c3cc(-c4nc(-c5ccccc5)nc(-c5ccccc5)n4)c4c(c3)oc3ccccc34)cc2)cc1.c1ccc(-c2ccc(-c3cc4oc5ccccc5c4cc3-c3nc(-c4ccccc4)nc(-c4ccccc4)n3)cc2)cc1.c1ccc(-c2ccc(-c3ccc4c(oc5ccccc54)c3-c3nc(-c4ccccc4)nc(-c4ccccc4)n3)cc2)cc1. The van der Waals surface area contributed by atoms with Crippen molar-refractivity contribution in [1.29, 1.82) is 0 Å². The van der Waals surface area contributed by atoms with E-state index in [0.29, 0.717) is 52.4 Å². The summed E-state index contributed by atoms with van der Waals surface area (Å²) in [5.74, 6) is 5.53. The highest BCUT2D eigenvalue weighted by molar-refractivity contribution is 6.15. The molecule has 0 aliphatic carbocycles. The Kier molecular flexibility index (Phi) is 20.8. The van der Waals surface area contributed by atoms with Crippen molar-refractivity contribution in [3.05, 3.63) is 455 Å². The summed E-state index contributed by atoms with van der Waals surface area (Å²) >= 11 is 0. The molecule has 6 heterocycles. The third-order valence-electron chi connectivity index (χ3n) is 23.3. The first kappa shape index (κ1) is 77.4. The molecule has 0 bridgehead atoms. The van der Waals surface area contributed by atoms with Crippen LogP contribution in [0.15, 0.2) is 468 Å². The molecule has 0 atom stereocenters. The fraction of sp³-hybridized carbons (Fsp3) is 0. The first-order chi connectivity index (χ1) is 63.9. The Morgan fingerprint density at radius 1 is 0.132 bits per heavy atom. The lowest BCUT2D eigenvalue weighted by atomic mass is 9.94. The van der Waals surface area contributed by atoms with Gasteiger partial charge in [0.25, 0.3) is 0 Å². The monoisotopic (exact) mass is 1650 g/mol. The number of hydrogen-bond acceptors (Lipinski definition) is 12. The summed E-state index contributed by atoms with van der Waals surface area (Å²) in [6.07, 6.45) is 0. The van der Waals surface area contributed by atoms with E-state index in [9.17, 15) is 0 Å². The minimum absolute atomic E-state index is 0.569. The summed E-state index contributed by atoms with van der Waals surface area (Å²) in [4.78, 5) is 45.2. The molecule has 12 heteroatoms. The van der Waals surface area contributed by atoms with Gasteiger partial charge >= 0.3 is 0 Å². The third kappa shape index (κ3) is 15.8. The molecule has 0 amide bonds. The van der Waals surface area contributed by atoms with Gasteiger partial charge in [0.15, 0.2) is 52.4 Å². The predicted molar refractivity (Wildman–Crippen MR) is 523 cm³/mol. The number of hydrogen-bond donors (Lipinski definition) is 0. The van der Waals surface area contributed by atoms with Crippen molar-refractivity contribution in [2.24, 2.45) is 0 Å². The smallest absolute Gasteiger partial charge is 0.168 e. The van der Waals surface area contributed by atoms with Gasteiger partial charge in [0.05, 0.1) is 5.56 Å². The van der Waals surface area contributed by atoms with Gasteiger partial charge in [-0.3, -0.25) is 0 Å². The largest absolute Gasteiger partial charge is 0.456 e. The number of fused-ring (bicyclic) bond motifs is 9. The molecule has 24 rings (SSSR count). The molecule has 6 aromatic heterocycles. The van der Waals surface area contributed by atoms with Gasteiger partial charge < -0.3 is 13.3 Å². The Bertz CT molecular complexity index is 7880. The molecule has 0 fully saturated rings. The lowest BCUT2D eigenvalue weighted by molar-refractivity contribution is 0.668. The fourth-order valence-electron chi connectivity index (χ4n) is 16.9. The van der Waals surface area contributed by atoms with Crippen LogP contribution < -0.4 is 0 Å². The van der Waals surface area contributed by atoms with Crippen molar-refractivity contribution in [2.45, 2.75) is 0 Å². The highest BCUT2D eigenvalue weighted by Gasteiger charge is 2.26. The molecule has 0 radical (unpaired) electrons. The maximum atomic E-state index is 6.58. The first-order valence-corrected chi connectivity index (χ1v) is 42.9. The molecule has 0 saturated carbocycles. The topological polar surface area (TPSA) is 155 Å². The van der Waals surface area contributed by atoms with Gasteiger partial charge in [0.1, 0.15) is 33.5 Å². The van der Waals surface area contributed by atoms with E-state index in [1.807, 2.05) is 255 Å². The minimum Gasteiger partial charge on any atom is -0.456 e. The molecule has 0 aliphatic rings. The zero-order chi connectivity index (χ0) is 85.8. The Morgan fingerprint density at radius 3 is 0.806 bits per heavy atom. The lowest BCUT2D eigenvalue weighted by Gasteiger charge is -2.13. The normalized spacial score (nSPS) is 11.3. The molecule has 12 nitrogen and oxygen atoms in total. The van der Waals surface area contributed by atoms with Crippen molar-refractivity contribution in [3.8, 4) is 169 Å². The van der Waals surface area contributed by atoms with Crippen molar-refractivity contribution in [3.63, 3.8) is 0 Å². The minimum atomic E-state index is 0.569. The maximum Gasteiger partial charge on any atom is 0.168 e. The van der Waals surface area contributed by atoms with E-state index in [2.05, 4.69) is 200 Å². The highest BCUT2D eigenvalue weighted by atomic mass is 16.3. The molecule has 129 heavy (non-hydrogen) atoms. The second-order valence-electron chi connectivity index (χ2n) is 31.4. The first-order valence-electron chi connectivity index (χ1n) is 42.9. The van der Waals surface area contributed by atoms with Crippen LogP contribution in [0.4, 0.5) is 0 Å². The molecular weight excluding hydrogens is 1580 g/mol. The molecule has 24 aromatic rings. The molecule has 0 unspecified atom stereocenters. The molecule has 606 valence electrons. The van der Waals surface area contributed by atoms with Gasteiger partial charge in [-0.15, -0.1) is 0 Å². The van der Waals surface area contributed by atoms with Crippen LogP contribution in [0.3, 0.4) is 0 Å². The van der Waals surface area contributed by atoms with E-state index in [4.69, 9.17) is 58.1 Å². The summed E-state index contributed by atoms with van der Waals surface area (Å²) in [6, 6.07) is 155. The number of para-hydroxylation sites is 3. The Morgan fingerprint density at radius 2 is 0.411 bits per heavy atom. The quantitative estimate of drug-likeness (QED) is 0.0959. The van der Waals surface area contributed by atoms with Gasteiger partial charge in [0.2, 0.25) is 0 Å². The standard InChI is InChI=1S/3C39H25N3O/c1-4-12-26(13-5-1)27-20-22-28(23-21-27)31-24-33(36-32-18-10-11-19-34(32)43-35(36)25-31)39-41-37(29-14-6-2-7-15-29)40-38(42-39)30-16-8-3-9-17-30;1-4-12-26(13-5-1)27-20-22-28(23-21-27)32-25-36-33(31-18-10-11-19-35(31)43-36)24-34(32)39-41-37(29-14-6-2-7-15-29)40-38(42-39)30-16-8-3-9-17-30;1-4-12-26(13-5-1)27-20-22-28(23-21-27)31-24-25-33-32-18-10-11-19-34(32)43-36(33)35(31)39-41-37(29-14-6-2-7-15-29)40-38(42-39)30-16-8-3-9-17-30/h3*1-25H. The van der Waals surface area contributed by atoms with E-state index in [0.717, 1.165) is 160 Å². The number of rotatable bonds is 15. The van der Waals surface area contributed by atoms with Gasteiger partial charge in [-0.1, -0.05) is 406 Å². The summed E-state index contributed by atoms with van der Waals surface area (Å²) < 4.78 is 19.3. The molecule has 0 N–H and O–H groups in total. The summed E-state index contributed by atoms with van der Waals surface area (Å²) in [5, 5.41) is 6.19. The molecule has 0 spiro atoms.